The summed E-state index contributed by atoms with van der Waals surface area (Å²) in [5, 5.41) is 17.3. The van der Waals surface area contributed by atoms with Crippen LogP contribution >= 0.6 is 0 Å². The molecule has 3 N–H and O–H groups in total. The van der Waals surface area contributed by atoms with Gasteiger partial charge in [-0.1, -0.05) is 44.2 Å². The van der Waals surface area contributed by atoms with E-state index in [-0.39, 0.29) is 11.8 Å². The molecule has 2 aromatic rings. The molecule has 0 saturated heterocycles. The molecule has 0 saturated carbocycles. The Kier molecular flexibility index (Phi) is 6.53. The van der Waals surface area contributed by atoms with Gasteiger partial charge in [-0.15, -0.1) is 0 Å². The number of carbonyl (C=O) groups excluding carboxylic acids is 2. The molecule has 0 fully saturated rings. The molecule has 0 aliphatic rings. The number of benzene rings is 2. The lowest BCUT2D eigenvalue weighted by atomic mass is 10.1. The predicted molar refractivity (Wildman–Crippen MR) is 99.3 cm³/mol. The van der Waals surface area contributed by atoms with Gasteiger partial charge in [-0.3, -0.25) is 9.59 Å². The summed E-state index contributed by atoms with van der Waals surface area (Å²) in [6.07, 6.45) is -0.139. The summed E-state index contributed by atoms with van der Waals surface area (Å²) in [6, 6.07) is 12.1. The highest BCUT2D eigenvalue weighted by Crippen LogP contribution is 2.15. The number of hydrogen-bond acceptors (Lipinski definition) is 3. The van der Waals surface area contributed by atoms with Crippen LogP contribution in [0.5, 0.6) is 0 Å². The minimum absolute atomic E-state index is 0.371. The molecule has 5 nitrogen and oxygen atoms in total. The molecule has 0 unspecified atom stereocenters. The van der Waals surface area contributed by atoms with Crippen LogP contribution in [0.25, 0.3) is 10.8 Å². The molecule has 25 heavy (non-hydrogen) atoms. The first-order chi connectivity index (χ1) is 11.9. The SMILES string of the molecule is CC(C)CCNC(=O)[C@@H](NC(=O)c1ccc2ccccc2c1)[C@@H](C)O. The van der Waals surface area contributed by atoms with E-state index in [1.807, 2.05) is 30.3 Å². The van der Waals surface area contributed by atoms with Gasteiger partial charge in [0.1, 0.15) is 6.04 Å². The molecule has 0 aliphatic heterocycles. The summed E-state index contributed by atoms with van der Waals surface area (Å²) in [5.74, 6) is -0.280. The summed E-state index contributed by atoms with van der Waals surface area (Å²) in [4.78, 5) is 24.7. The zero-order valence-corrected chi connectivity index (χ0v) is 15.0. The van der Waals surface area contributed by atoms with E-state index >= 15 is 0 Å². The van der Waals surface area contributed by atoms with E-state index in [1.165, 1.54) is 6.92 Å². The highest BCUT2D eigenvalue weighted by atomic mass is 16.3. The van der Waals surface area contributed by atoms with Gasteiger partial charge in [0.05, 0.1) is 6.10 Å². The van der Waals surface area contributed by atoms with E-state index in [4.69, 9.17) is 0 Å². The molecule has 2 aromatic carbocycles. The lowest BCUT2D eigenvalue weighted by molar-refractivity contribution is -0.125. The van der Waals surface area contributed by atoms with E-state index in [1.54, 1.807) is 12.1 Å². The van der Waals surface area contributed by atoms with Gasteiger partial charge >= 0.3 is 0 Å². The molecule has 0 aliphatic carbocycles. The molecule has 2 amide bonds. The minimum atomic E-state index is -0.983. The first-order valence-electron chi connectivity index (χ1n) is 8.64. The standard InChI is InChI=1S/C20H26N2O3/c1-13(2)10-11-21-20(25)18(14(3)23)22-19(24)17-9-8-15-6-4-5-7-16(15)12-17/h4-9,12-14,18,23H,10-11H2,1-3H3,(H,21,25)(H,22,24)/t14-,18+/m1/s1. The molecule has 0 radical (unpaired) electrons. The molecule has 2 rings (SSSR count). The third kappa shape index (κ3) is 5.29. The van der Waals surface area contributed by atoms with Crippen LogP contribution in [0, 0.1) is 5.92 Å². The monoisotopic (exact) mass is 342 g/mol. The normalized spacial score (nSPS) is 13.5. The summed E-state index contributed by atoms with van der Waals surface area (Å²) in [7, 11) is 0. The second kappa shape index (κ2) is 8.62. The number of amides is 2. The maximum absolute atomic E-state index is 12.5. The Morgan fingerprint density at radius 3 is 2.36 bits per heavy atom. The summed E-state index contributed by atoms with van der Waals surface area (Å²) < 4.78 is 0. The summed E-state index contributed by atoms with van der Waals surface area (Å²) in [5.41, 5.74) is 0.458. The van der Waals surface area contributed by atoms with Crippen LogP contribution in [0.1, 0.15) is 37.6 Å². The number of fused-ring (bicyclic) bond motifs is 1. The minimum Gasteiger partial charge on any atom is -0.391 e. The molecule has 0 heterocycles. The second-order valence-corrected chi connectivity index (χ2v) is 6.73. The zero-order chi connectivity index (χ0) is 18.4. The van der Waals surface area contributed by atoms with Gasteiger partial charge in [-0.25, -0.2) is 0 Å². The zero-order valence-electron chi connectivity index (χ0n) is 15.0. The van der Waals surface area contributed by atoms with Crippen molar-refractivity contribution >= 4 is 22.6 Å². The van der Waals surface area contributed by atoms with Crippen LogP contribution in [-0.4, -0.2) is 35.6 Å². The van der Waals surface area contributed by atoms with Gasteiger partial charge in [-0.2, -0.15) is 0 Å². The van der Waals surface area contributed by atoms with Crippen LogP contribution < -0.4 is 10.6 Å². The molecule has 5 heteroatoms. The van der Waals surface area contributed by atoms with Gasteiger partial charge in [0.2, 0.25) is 5.91 Å². The van der Waals surface area contributed by atoms with Gasteiger partial charge in [0.25, 0.3) is 5.91 Å². The number of aliphatic hydroxyl groups excluding tert-OH is 1. The smallest absolute Gasteiger partial charge is 0.252 e. The molecule has 0 bridgehead atoms. The van der Waals surface area contributed by atoms with Crippen LogP contribution in [-0.2, 0) is 4.79 Å². The Morgan fingerprint density at radius 1 is 1.04 bits per heavy atom. The molecule has 0 aromatic heterocycles. The average Bonchev–Trinajstić information content (AvgIpc) is 2.58. The lowest BCUT2D eigenvalue weighted by Crippen LogP contribution is -2.52. The number of hydrogen-bond donors (Lipinski definition) is 3. The van der Waals surface area contributed by atoms with E-state index in [0.717, 1.165) is 17.2 Å². The number of rotatable bonds is 7. The van der Waals surface area contributed by atoms with Crippen molar-refractivity contribution in [1.29, 1.82) is 0 Å². The average molecular weight is 342 g/mol. The summed E-state index contributed by atoms with van der Waals surface area (Å²) in [6.45, 7) is 6.15. The Labute approximate surface area is 148 Å². The van der Waals surface area contributed by atoms with Crippen molar-refractivity contribution in [1.82, 2.24) is 10.6 Å². The van der Waals surface area contributed by atoms with Crippen molar-refractivity contribution in [3.8, 4) is 0 Å². The third-order valence-corrected chi connectivity index (χ3v) is 4.08. The Hall–Kier alpha value is -2.40. The number of nitrogens with one attached hydrogen (secondary N) is 2. The van der Waals surface area contributed by atoms with Crippen molar-refractivity contribution < 1.29 is 14.7 Å². The highest BCUT2D eigenvalue weighted by Gasteiger charge is 2.25. The number of aliphatic hydroxyl groups is 1. The maximum atomic E-state index is 12.5. The van der Waals surface area contributed by atoms with Crippen molar-refractivity contribution in [2.24, 2.45) is 5.92 Å². The van der Waals surface area contributed by atoms with Gasteiger partial charge < -0.3 is 15.7 Å². The predicted octanol–water partition coefficient (Wildman–Crippen LogP) is 2.48. The largest absolute Gasteiger partial charge is 0.391 e. The van der Waals surface area contributed by atoms with Crippen LogP contribution in [0.15, 0.2) is 42.5 Å². The third-order valence-electron chi connectivity index (χ3n) is 4.08. The molecular weight excluding hydrogens is 316 g/mol. The van der Waals surface area contributed by atoms with Crippen molar-refractivity contribution in [2.75, 3.05) is 6.54 Å². The molecule has 0 spiro atoms. The molecular formula is C20H26N2O3. The van der Waals surface area contributed by atoms with E-state index in [9.17, 15) is 14.7 Å². The van der Waals surface area contributed by atoms with Gasteiger partial charge in [-0.05, 0) is 42.2 Å². The van der Waals surface area contributed by atoms with E-state index < -0.39 is 12.1 Å². The Bertz CT molecular complexity index is 741. The fourth-order valence-corrected chi connectivity index (χ4v) is 2.55. The van der Waals surface area contributed by atoms with E-state index in [0.29, 0.717) is 18.0 Å². The highest BCUT2D eigenvalue weighted by molar-refractivity contribution is 6.00. The second-order valence-electron chi connectivity index (χ2n) is 6.73. The van der Waals surface area contributed by atoms with Crippen molar-refractivity contribution in [3.05, 3.63) is 48.0 Å². The van der Waals surface area contributed by atoms with Crippen molar-refractivity contribution in [3.63, 3.8) is 0 Å². The van der Waals surface area contributed by atoms with E-state index in [2.05, 4.69) is 24.5 Å². The van der Waals surface area contributed by atoms with Crippen LogP contribution in [0.3, 0.4) is 0 Å². The van der Waals surface area contributed by atoms with Gasteiger partial charge in [0, 0.05) is 12.1 Å². The van der Waals surface area contributed by atoms with Gasteiger partial charge in [0.15, 0.2) is 0 Å². The van der Waals surface area contributed by atoms with Crippen molar-refractivity contribution in [2.45, 2.75) is 39.3 Å². The lowest BCUT2D eigenvalue weighted by Gasteiger charge is -2.21. The maximum Gasteiger partial charge on any atom is 0.252 e. The molecule has 134 valence electrons. The quantitative estimate of drug-likeness (QED) is 0.723. The Morgan fingerprint density at radius 2 is 1.72 bits per heavy atom. The topological polar surface area (TPSA) is 78.4 Å². The Balaban J connectivity index is 2.06. The van der Waals surface area contributed by atoms with Crippen LogP contribution in [0.4, 0.5) is 0 Å². The number of carbonyl (C=O) groups is 2. The summed E-state index contributed by atoms with van der Waals surface area (Å²) >= 11 is 0. The first kappa shape index (κ1) is 18.9. The fourth-order valence-electron chi connectivity index (χ4n) is 2.55. The first-order valence-corrected chi connectivity index (χ1v) is 8.64. The van der Waals surface area contributed by atoms with Crippen LogP contribution in [0.2, 0.25) is 0 Å². The fraction of sp³-hybridized carbons (Fsp3) is 0.400. The molecule has 2 atom stereocenters.